The third-order valence-corrected chi connectivity index (χ3v) is 2.35. The smallest absolute Gasteiger partial charge is 0.318 e. The molecule has 0 fully saturated rings. The lowest BCUT2D eigenvalue weighted by molar-refractivity contribution is -0.126. The Balaban J connectivity index is 2.94. The first-order valence-corrected chi connectivity index (χ1v) is 5.59. The summed E-state index contributed by atoms with van der Waals surface area (Å²) < 4.78 is 18.8. The van der Waals surface area contributed by atoms with E-state index < -0.39 is 23.9 Å². The summed E-state index contributed by atoms with van der Waals surface area (Å²) in [7, 11) is 0. The van der Waals surface area contributed by atoms with E-state index in [0.29, 0.717) is 0 Å². The normalized spacial score (nSPS) is 11.5. The van der Waals surface area contributed by atoms with Crippen LogP contribution < -0.4 is 21.5 Å². The van der Waals surface area contributed by atoms with Crippen LogP contribution in [0, 0.1) is 5.82 Å². The number of ether oxygens (including phenoxy) is 1. The average Bonchev–Trinajstić information content (AvgIpc) is 2.27. The van der Waals surface area contributed by atoms with Crippen molar-refractivity contribution in [3.05, 3.63) is 29.6 Å². The van der Waals surface area contributed by atoms with E-state index >= 15 is 0 Å². The zero-order chi connectivity index (χ0) is 14.6. The van der Waals surface area contributed by atoms with E-state index in [0.717, 1.165) is 6.07 Å². The zero-order valence-electron chi connectivity index (χ0n) is 9.98. The van der Waals surface area contributed by atoms with Gasteiger partial charge < -0.3 is 16.2 Å². The molecule has 0 aliphatic heterocycles. The predicted octanol–water partition coefficient (Wildman–Crippen LogP) is 0.422. The number of thiocarbonyl (C=S) groups is 1. The Bertz CT molecular complexity index is 536. The minimum absolute atomic E-state index is 0.0135. The van der Waals surface area contributed by atoms with Crippen LogP contribution in [0.25, 0.3) is 0 Å². The van der Waals surface area contributed by atoms with Crippen LogP contribution in [-0.4, -0.2) is 23.0 Å². The molecule has 1 unspecified atom stereocenters. The second kappa shape index (κ2) is 6.10. The standard InChI is InChI=1S/C11H12FN3O3S/c1-5(10(16)15-11(14)17)18-7-4-2-3-6(12)8(7)9(13)19/h2-5H,1H3,(H2,13,19)(H3,14,15,16,17). The van der Waals surface area contributed by atoms with Crippen molar-refractivity contribution in [1.29, 1.82) is 0 Å². The number of hydrogen-bond donors (Lipinski definition) is 3. The SMILES string of the molecule is CC(Oc1cccc(F)c1C(N)=S)C(=O)NC(N)=O. The fourth-order valence-electron chi connectivity index (χ4n) is 1.31. The summed E-state index contributed by atoms with van der Waals surface area (Å²) in [6.45, 7) is 1.37. The lowest BCUT2D eigenvalue weighted by Gasteiger charge is -2.16. The van der Waals surface area contributed by atoms with Gasteiger partial charge in [0.15, 0.2) is 6.10 Å². The maximum atomic E-state index is 13.5. The lowest BCUT2D eigenvalue weighted by atomic mass is 10.2. The van der Waals surface area contributed by atoms with Crippen molar-refractivity contribution in [2.75, 3.05) is 0 Å². The molecule has 1 atom stereocenters. The number of imide groups is 1. The van der Waals surface area contributed by atoms with Crippen LogP contribution in [0.1, 0.15) is 12.5 Å². The molecular weight excluding hydrogens is 273 g/mol. The van der Waals surface area contributed by atoms with Crippen molar-refractivity contribution < 1.29 is 18.7 Å². The minimum atomic E-state index is -1.07. The first-order chi connectivity index (χ1) is 8.82. The Morgan fingerprint density at radius 1 is 1.42 bits per heavy atom. The second-order valence-electron chi connectivity index (χ2n) is 3.59. The number of urea groups is 1. The molecule has 5 N–H and O–H groups in total. The Morgan fingerprint density at radius 2 is 2.05 bits per heavy atom. The third-order valence-electron chi connectivity index (χ3n) is 2.14. The van der Waals surface area contributed by atoms with Crippen molar-refractivity contribution in [3.63, 3.8) is 0 Å². The van der Waals surface area contributed by atoms with Gasteiger partial charge in [0.05, 0.1) is 5.56 Å². The molecule has 0 aliphatic carbocycles. The van der Waals surface area contributed by atoms with E-state index in [1.807, 2.05) is 5.32 Å². The van der Waals surface area contributed by atoms with Crippen LogP contribution in [0.2, 0.25) is 0 Å². The molecule has 19 heavy (non-hydrogen) atoms. The summed E-state index contributed by atoms with van der Waals surface area (Å²) in [6.07, 6.45) is -1.07. The molecule has 0 saturated carbocycles. The molecule has 1 aromatic rings. The van der Waals surface area contributed by atoms with Crippen molar-refractivity contribution in [1.82, 2.24) is 5.32 Å². The molecule has 0 spiro atoms. The molecule has 8 heteroatoms. The molecule has 1 rings (SSSR count). The molecule has 0 bridgehead atoms. The van der Waals surface area contributed by atoms with Gasteiger partial charge in [0.2, 0.25) is 0 Å². The fraction of sp³-hybridized carbons (Fsp3) is 0.182. The highest BCUT2D eigenvalue weighted by Crippen LogP contribution is 2.22. The molecule has 102 valence electrons. The van der Waals surface area contributed by atoms with Crippen LogP contribution in [-0.2, 0) is 4.79 Å². The van der Waals surface area contributed by atoms with E-state index in [-0.39, 0.29) is 16.3 Å². The molecule has 0 aliphatic rings. The summed E-state index contributed by atoms with van der Waals surface area (Å²) in [4.78, 5) is 21.8. The van der Waals surface area contributed by atoms with Crippen molar-refractivity contribution in [2.24, 2.45) is 11.5 Å². The topological polar surface area (TPSA) is 107 Å². The van der Waals surface area contributed by atoms with Gasteiger partial charge in [-0.15, -0.1) is 0 Å². The molecule has 3 amide bonds. The van der Waals surface area contributed by atoms with Crippen LogP contribution in [0.3, 0.4) is 0 Å². The van der Waals surface area contributed by atoms with E-state index in [4.69, 9.17) is 28.4 Å². The Hall–Kier alpha value is -2.22. The summed E-state index contributed by atoms with van der Waals surface area (Å²) in [5.41, 5.74) is 10.1. The zero-order valence-corrected chi connectivity index (χ0v) is 10.8. The van der Waals surface area contributed by atoms with Gasteiger partial charge in [-0.05, 0) is 19.1 Å². The molecule has 0 aromatic heterocycles. The Kier molecular flexibility index (Phi) is 4.76. The molecule has 0 saturated heterocycles. The number of nitrogens with one attached hydrogen (secondary N) is 1. The Labute approximate surface area is 113 Å². The van der Waals surface area contributed by atoms with E-state index in [2.05, 4.69) is 0 Å². The van der Waals surface area contributed by atoms with E-state index in [1.54, 1.807) is 0 Å². The summed E-state index contributed by atoms with van der Waals surface area (Å²) in [6, 6.07) is 2.95. The van der Waals surface area contributed by atoms with Crippen LogP contribution in [0.5, 0.6) is 5.75 Å². The number of carbonyl (C=O) groups excluding carboxylic acids is 2. The molecule has 0 radical (unpaired) electrons. The molecule has 6 nitrogen and oxygen atoms in total. The predicted molar refractivity (Wildman–Crippen MR) is 70.1 cm³/mol. The van der Waals surface area contributed by atoms with Gasteiger partial charge in [-0.2, -0.15) is 0 Å². The minimum Gasteiger partial charge on any atom is -0.480 e. The largest absolute Gasteiger partial charge is 0.480 e. The van der Waals surface area contributed by atoms with Crippen molar-refractivity contribution in [3.8, 4) is 5.75 Å². The number of primary amides is 1. The van der Waals surface area contributed by atoms with Crippen molar-refractivity contribution >= 4 is 29.1 Å². The highest BCUT2D eigenvalue weighted by atomic mass is 32.1. The summed E-state index contributed by atoms with van der Waals surface area (Å²) >= 11 is 4.71. The number of amides is 3. The van der Waals surface area contributed by atoms with Gasteiger partial charge in [0, 0.05) is 0 Å². The quantitative estimate of drug-likeness (QED) is 0.695. The Morgan fingerprint density at radius 3 is 2.58 bits per heavy atom. The number of nitrogens with two attached hydrogens (primary N) is 2. The van der Waals surface area contributed by atoms with Gasteiger partial charge >= 0.3 is 6.03 Å². The second-order valence-corrected chi connectivity index (χ2v) is 4.03. The third kappa shape index (κ3) is 3.88. The van der Waals surface area contributed by atoms with Crippen LogP contribution >= 0.6 is 12.2 Å². The molecule has 1 aromatic carbocycles. The first kappa shape index (κ1) is 14.8. The first-order valence-electron chi connectivity index (χ1n) is 5.18. The molecule has 0 heterocycles. The highest BCUT2D eigenvalue weighted by molar-refractivity contribution is 7.80. The lowest BCUT2D eigenvalue weighted by Crippen LogP contribution is -2.42. The maximum Gasteiger partial charge on any atom is 0.318 e. The van der Waals surface area contributed by atoms with Crippen molar-refractivity contribution in [2.45, 2.75) is 13.0 Å². The van der Waals surface area contributed by atoms with Gasteiger partial charge in [0.25, 0.3) is 5.91 Å². The average molecular weight is 285 g/mol. The monoisotopic (exact) mass is 285 g/mol. The number of rotatable bonds is 4. The number of benzene rings is 1. The number of halogens is 1. The number of hydrogen-bond acceptors (Lipinski definition) is 4. The van der Waals surface area contributed by atoms with E-state index in [9.17, 15) is 14.0 Å². The van der Waals surface area contributed by atoms with Crippen LogP contribution in [0.4, 0.5) is 9.18 Å². The van der Waals surface area contributed by atoms with Gasteiger partial charge in [-0.1, -0.05) is 18.3 Å². The maximum absolute atomic E-state index is 13.5. The summed E-state index contributed by atoms with van der Waals surface area (Å²) in [5.74, 6) is -1.40. The van der Waals surface area contributed by atoms with Gasteiger partial charge in [-0.3, -0.25) is 10.1 Å². The van der Waals surface area contributed by atoms with Crippen LogP contribution in [0.15, 0.2) is 18.2 Å². The molecular formula is C11H12FN3O3S. The van der Waals surface area contributed by atoms with Gasteiger partial charge in [-0.25, -0.2) is 9.18 Å². The highest BCUT2D eigenvalue weighted by Gasteiger charge is 2.20. The summed E-state index contributed by atoms with van der Waals surface area (Å²) in [5, 5.41) is 1.84. The van der Waals surface area contributed by atoms with Gasteiger partial charge in [0.1, 0.15) is 16.6 Å². The number of carbonyl (C=O) groups is 2. The fourth-order valence-corrected chi connectivity index (χ4v) is 1.51. The van der Waals surface area contributed by atoms with E-state index in [1.165, 1.54) is 19.1 Å².